The lowest BCUT2D eigenvalue weighted by Crippen LogP contribution is -2.46. The summed E-state index contributed by atoms with van der Waals surface area (Å²) in [5, 5.41) is 13.9. The van der Waals surface area contributed by atoms with Crippen molar-refractivity contribution in [1.82, 2.24) is 24.6 Å². The molecular weight excluding hydrogens is 492 g/mol. The molecule has 8 nitrogen and oxygen atoms in total. The second-order valence-electron chi connectivity index (χ2n) is 9.23. The van der Waals surface area contributed by atoms with E-state index in [0.29, 0.717) is 11.3 Å². The van der Waals surface area contributed by atoms with Gasteiger partial charge in [-0.25, -0.2) is 4.98 Å². The van der Waals surface area contributed by atoms with Crippen molar-refractivity contribution in [2.24, 2.45) is 12.8 Å². The number of piperazine rings is 1. The molecule has 4 heterocycles. The largest absolute Gasteiger partial charge is 0.403 e. The van der Waals surface area contributed by atoms with Gasteiger partial charge in [0.25, 0.3) is 0 Å². The van der Waals surface area contributed by atoms with Crippen LogP contribution in [0.1, 0.15) is 11.3 Å². The number of nitrogens with two attached hydrogens (primary N) is 1. The highest BCUT2D eigenvalue weighted by Crippen LogP contribution is 2.32. The number of pyridine rings is 2. The van der Waals surface area contributed by atoms with E-state index in [1.165, 1.54) is 16.7 Å². The predicted molar refractivity (Wildman–Crippen MR) is 153 cm³/mol. The van der Waals surface area contributed by atoms with E-state index in [2.05, 4.69) is 56.5 Å². The van der Waals surface area contributed by atoms with E-state index >= 15 is 0 Å². The third kappa shape index (κ3) is 5.57. The average Bonchev–Trinajstić information content (AvgIpc) is 3.41. The molecule has 0 unspecified atom stereocenters. The first-order valence-electron chi connectivity index (χ1n) is 12.5. The highest BCUT2D eigenvalue weighted by molar-refractivity contribution is 7.98. The summed E-state index contributed by atoms with van der Waals surface area (Å²) in [5.41, 5.74) is 11.5. The van der Waals surface area contributed by atoms with Crippen LogP contribution in [0.2, 0.25) is 0 Å². The van der Waals surface area contributed by atoms with E-state index in [1.807, 2.05) is 37.6 Å². The number of hydrogen-bond donors (Lipinski definition) is 1. The number of nitriles is 1. The van der Waals surface area contributed by atoms with E-state index < -0.39 is 0 Å². The summed E-state index contributed by atoms with van der Waals surface area (Å²) in [6.07, 6.45) is 10.7. The monoisotopic (exact) mass is 522 g/mol. The topological polar surface area (TPSA) is 99.9 Å². The number of anilines is 1. The molecule has 0 radical (unpaired) electrons. The summed E-state index contributed by atoms with van der Waals surface area (Å²) in [6.45, 7) is 4.79. The highest BCUT2D eigenvalue weighted by atomic mass is 32.2. The first-order chi connectivity index (χ1) is 18.6. The summed E-state index contributed by atoms with van der Waals surface area (Å²) in [6, 6.07) is 17.1. The minimum Gasteiger partial charge on any atom is -0.403 e. The van der Waals surface area contributed by atoms with Crippen molar-refractivity contribution in [3.05, 3.63) is 84.7 Å². The van der Waals surface area contributed by atoms with Crippen LogP contribution >= 0.6 is 11.8 Å². The Morgan fingerprint density at radius 3 is 2.37 bits per heavy atom. The summed E-state index contributed by atoms with van der Waals surface area (Å²) >= 11 is 1.77. The third-order valence-corrected chi connectivity index (χ3v) is 7.53. The normalized spacial score (nSPS) is 14.4. The lowest BCUT2D eigenvalue weighted by Gasteiger charge is -2.35. The average molecular weight is 523 g/mol. The van der Waals surface area contributed by atoms with Gasteiger partial charge < -0.3 is 10.6 Å². The van der Waals surface area contributed by atoms with Gasteiger partial charge in [-0.05, 0) is 42.2 Å². The van der Waals surface area contributed by atoms with Crippen molar-refractivity contribution in [1.29, 1.82) is 5.26 Å². The fraction of sp³-hybridized carbons (Fsp3) is 0.241. The van der Waals surface area contributed by atoms with Gasteiger partial charge in [0.2, 0.25) is 0 Å². The Labute approximate surface area is 227 Å². The van der Waals surface area contributed by atoms with E-state index in [9.17, 15) is 5.26 Å². The van der Waals surface area contributed by atoms with Gasteiger partial charge >= 0.3 is 0 Å². The van der Waals surface area contributed by atoms with Crippen LogP contribution in [0.15, 0.2) is 78.3 Å². The van der Waals surface area contributed by atoms with E-state index in [1.54, 1.807) is 28.8 Å². The molecule has 1 aromatic carbocycles. The summed E-state index contributed by atoms with van der Waals surface area (Å²) in [7, 11) is 1.88. The molecule has 0 aliphatic carbocycles. The van der Waals surface area contributed by atoms with Gasteiger partial charge in [-0.3, -0.25) is 14.6 Å². The van der Waals surface area contributed by atoms with Crippen molar-refractivity contribution in [3.63, 3.8) is 0 Å². The number of aromatic nitrogens is 4. The number of hydrogen-bond acceptors (Lipinski definition) is 8. The number of benzene rings is 1. The zero-order valence-electron chi connectivity index (χ0n) is 21.6. The Morgan fingerprint density at radius 1 is 1.00 bits per heavy atom. The van der Waals surface area contributed by atoms with Crippen LogP contribution in [-0.2, 0) is 13.6 Å². The Balaban J connectivity index is 1.32. The van der Waals surface area contributed by atoms with Gasteiger partial charge in [-0.15, -0.1) is 11.8 Å². The molecule has 4 aromatic rings. The highest BCUT2D eigenvalue weighted by Gasteiger charge is 2.19. The number of rotatable bonds is 7. The molecule has 1 aliphatic rings. The number of nitrogens with zero attached hydrogens (tertiary/aromatic N) is 7. The van der Waals surface area contributed by atoms with Crippen molar-refractivity contribution in [2.75, 3.05) is 37.3 Å². The molecule has 1 saturated heterocycles. The number of thioether (sulfide) groups is 1. The van der Waals surface area contributed by atoms with Gasteiger partial charge in [0.1, 0.15) is 11.9 Å². The van der Waals surface area contributed by atoms with Crippen LogP contribution in [0.5, 0.6) is 0 Å². The molecule has 0 atom stereocenters. The molecule has 1 aliphatic heterocycles. The van der Waals surface area contributed by atoms with E-state index in [-0.39, 0.29) is 0 Å². The van der Waals surface area contributed by atoms with Gasteiger partial charge in [0.05, 0.1) is 17.5 Å². The van der Waals surface area contributed by atoms with Crippen LogP contribution < -0.4 is 10.6 Å². The zero-order chi connectivity index (χ0) is 26.5. The van der Waals surface area contributed by atoms with Crippen molar-refractivity contribution in [3.8, 4) is 28.3 Å². The smallest absolute Gasteiger partial charge is 0.128 e. The van der Waals surface area contributed by atoms with Crippen LogP contribution in [0.3, 0.4) is 0 Å². The van der Waals surface area contributed by atoms with Gasteiger partial charge in [0.15, 0.2) is 0 Å². The lowest BCUT2D eigenvalue weighted by atomic mass is 9.98. The second-order valence-corrected chi connectivity index (χ2v) is 10.1. The standard InChI is InChI=1S/C29H30N8S/c1-35-20-25(18-34-35)23-13-27(29(33-17-23)24(14-30)15-31)22-5-8-28(32-16-22)37-11-9-36(10-12-37)19-21-3-6-26(38-2)7-4-21/h3-8,13-14,16-18,20H,9-12,19,30H2,1-2H3. The molecule has 5 rings (SSSR count). The Bertz CT molecular complexity index is 1460. The molecule has 1 fully saturated rings. The third-order valence-electron chi connectivity index (χ3n) is 6.79. The van der Waals surface area contributed by atoms with Crippen LogP contribution in [0.25, 0.3) is 27.8 Å². The fourth-order valence-electron chi connectivity index (χ4n) is 4.65. The zero-order valence-corrected chi connectivity index (χ0v) is 22.4. The van der Waals surface area contributed by atoms with Gasteiger partial charge in [0, 0.05) is 91.7 Å². The summed E-state index contributed by atoms with van der Waals surface area (Å²) in [4.78, 5) is 15.5. The lowest BCUT2D eigenvalue weighted by molar-refractivity contribution is 0.249. The molecule has 3 aromatic heterocycles. The van der Waals surface area contributed by atoms with Crippen LogP contribution in [0.4, 0.5) is 5.82 Å². The second kappa shape index (κ2) is 11.5. The summed E-state index contributed by atoms with van der Waals surface area (Å²) in [5.74, 6) is 0.950. The quantitative estimate of drug-likeness (QED) is 0.281. The van der Waals surface area contributed by atoms with E-state index in [4.69, 9.17) is 10.7 Å². The molecule has 38 heavy (non-hydrogen) atoms. The maximum absolute atomic E-state index is 9.61. The number of aryl methyl sites for hydroxylation is 1. The maximum Gasteiger partial charge on any atom is 0.128 e. The Kier molecular flexibility index (Phi) is 7.73. The summed E-state index contributed by atoms with van der Waals surface area (Å²) < 4.78 is 1.75. The van der Waals surface area contributed by atoms with E-state index in [0.717, 1.165) is 60.8 Å². The molecule has 0 amide bonds. The molecule has 0 spiro atoms. The van der Waals surface area contributed by atoms with Crippen molar-refractivity contribution in [2.45, 2.75) is 11.4 Å². The molecule has 0 bridgehead atoms. The fourth-order valence-corrected chi connectivity index (χ4v) is 5.06. The Morgan fingerprint density at radius 2 is 1.76 bits per heavy atom. The minimum atomic E-state index is 0.320. The van der Waals surface area contributed by atoms with Crippen LogP contribution in [0, 0.1) is 11.3 Å². The van der Waals surface area contributed by atoms with Crippen LogP contribution in [-0.4, -0.2) is 57.1 Å². The molecule has 9 heteroatoms. The first-order valence-corrected chi connectivity index (χ1v) is 13.7. The Hall–Kier alpha value is -4.13. The van der Waals surface area contributed by atoms with Crippen molar-refractivity contribution >= 4 is 23.2 Å². The number of allylic oxidation sites excluding steroid dienone is 1. The van der Waals surface area contributed by atoms with Gasteiger partial charge in [-0.1, -0.05) is 12.1 Å². The SMILES string of the molecule is CSc1ccc(CN2CCN(c3ccc(-c4cc(-c5cnn(C)c5)cnc4C(C#N)=CN)cn3)CC2)cc1. The maximum atomic E-state index is 9.61. The molecule has 0 saturated carbocycles. The molecule has 2 N–H and O–H groups in total. The molecule has 192 valence electrons. The minimum absolute atomic E-state index is 0.320. The van der Waals surface area contributed by atoms with Crippen molar-refractivity contribution < 1.29 is 0 Å². The van der Waals surface area contributed by atoms with Gasteiger partial charge in [-0.2, -0.15) is 10.4 Å². The first kappa shape index (κ1) is 25.5. The molecular formula is C29H30N8S. The predicted octanol–water partition coefficient (Wildman–Crippen LogP) is 4.41.